The van der Waals surface area contributed by atoms with Crippen LogP contribution in [0.15, 0.2) is 16.8 Å². The lowest BCUT2D eigenvalue weighted by molar-refractivity contribution is -0.136. The molecule has 0 aliphatic carbocycles. The third-order valence-electron chi connectivity index (χ3n) is 2.97. The molecular formula is C12H18N2O2S. The molecule has 1 atom stereocenters. The van der Waals surface area contributed by atoms with Gasteiger partial charge < -0.3 is 15.4 Å². The molecule has 1 aromatic rings. The fourth-order valence-electron chi connectivity index (χ4n) is 1.71. The first-order valence-corrected chi connectivity index (χ1v) is 6.69. The number of hydrogen-bond acceptors (Lipinski definition) is 4. The molecule has 5 heteroatoms. The molecule has 1 saturated heterocycles. The van der Waals surface area contributed by atoms with E-state index < -0.39 is 0 Å². The van der Waals surface area contributed by atoms with E-state index in [0.717, 1.165) is 18.7 Å². The predicted molar refractivity (Wildman–Crippen MR) is 68.1 cm³/mol. The average molecular weight is 254 g/mol. The number of amides is 1. The lowest BCUT2D eigenvalue weighted by atomic mass is 10.0. The number of ether oxygens (including phenoxy) is 1. The lowest BCUT2D eigenvalue weighted by Gasteiger charge is -2.38. The van der Waals surface area contributed by atoms with Gasteiger partial charge in [-0.3, -0.25) is 4.79 Å². The summed E-state index contributed by atoms with van der Waals surface area (Å²) in [5.41, 5.74) is 0.975. The number of nitrogens with one attached hydrogen (secondary N) is 2. The smallest absolute Gasteiger partial charge is 0.246 e. The fraction of sp³-hybridized carbons (Fsp3) is 0.583. The monoisotopic (exact) mass is 254 g/mol. The van der Waals surface area contributed by atoms with Crippen molar-refractivity contribution in [2.24, 2.45) is 0 Å². The number of carbonyl (C=O) groups is 1. The van der Waals surface area contributed by atoms with E-state index in [-0.39, 0.29) is 24.2 Å². The SMILES string of the molecule is CC(NC(=O)COC1(C)CNC1)c1ccsc1. The first-order valence-electron chi connectivity index (χ1n) is 5.75. The van der Waals surface area contributed by atoms with Crippen molar-refractivity contribution >= 4 is 17.2 Å². The van der Waals surface area contributed by atoms with Crippen LogP contribution >= 0.6 is 11.3 Å². The van der Waals surface area contributed by atoms with Crippen molar-refractivity contribution in [3.8, 4) is 0 Å². The third kappa shape index (κ3) is 3.28. The summed E-state index contributed by atoms with van der Waals surface area (Å²) >= 11 is 1.63. The van der Waals surface area contributed by atoms with Gasteiger partial charge in [0.05, 0.1) is 11.6 Å². The van der Waals surface area contributed by atoms with Gasteiger partial charge in [-0.05, 0) is 36.2 Å². The number of carbonyl (C=O) groups excluding carboxylic acids is 1. The molecule has 1 aliphatic heterocycles. The molecule has 2 rings (SSSR count). The van der Waals surface area contributed by atoms with Crippen molar-refractivity contribution < 1.29 is 9.53 Å². The highest BCUT2D eigenvalue weighted by Crippen LogP contribution is 2.17. The van der Waals surface area contributed by atoms with Gasteiger partial charge in [-0.25, -0.2) is 0 Å². The third-order valence-corrected chi connectivity index (χ3v) is 3.67. The second kappa shape index (κ2) is 5.16. The molecule has 0 saturated carbocycles. The summed E-state index contributed by atoms with van der Waals surface area (Å²) < 4.78 is 5.57. The average Bonchev–Trinajstić information content (AvgIpc) is 2.77. The zero-order valence-electron chi connectivity index (χ0n) is 10.2. The molecule has 17 heavy (non-hydrogen) atoms. The molecule has 0 aromatic carbocycles. The Kier molecular flexibility index (Phi) is 3.81. The molecule has 1 amide bonds. The standard InChI is InChI=1S/C12H18N2O2S/c1-9(10-3-4-17-6-10)14-11(15)5-16-12(2)7-13-8-12/h3-4,6,9,13H,5,7-8H2,1-2H3,(H,14,15). The highest BCUT2D eigenvalue weighted by Gasteiger charge is 2.33. The highest BCUT2D eigenvalue weighted by atomic mass is 32.1. The maximum Gasteiger partial charge on any atom is 0.246 e. The molecule has 1 unspecified atom stereocenters. The summed E-state index contributed by atoms with van der Waals surface area (Å²) in [6.07, 6.45) is 0. The van der Waals surface area contributed by atoms with Crippen LogP contribution < -0.4 is 10.6 Å². The van der Waals surface area contributed by atoms with E-state index in [9.17, 15) is 4.79 Å². The molecule has 94 valence electrons. The summed E-state index contributed by atoms with van der Waals surface area (Å²) in [5, 5.41) is 10.1. The van der Waals surface area contributed by atoms with Crippen LogP contribution in [0.2, 0.25) is 0 Å². The summed E-state index contributed by atoms with van der Waals surface area (Å²) in [6.45, 7) is 5.76. The van der Waals surface area contributed by atoms with Gasteiger partial charge in [-0.15, -0.1) is 0 Å². The second-order valence-electron chi connectivity index (χ2n) is 4.69. The van der Waals surface area contributed by atoms with Gasteiger partial charge in [0.25, 0.3) is 0 Å². The Labute approximate surface area is 105 Å². The van der Waals surface area contributed by atoms with E-state index in [4.69, 9.17) is 4.74 Å². The van der Waals surface area contributed by atoms with Gasteiger partial charge in [0.2, 0.25) is 5.91 Å². The van der Waals surface area contributed by atoms with Crippen molar-refractivity contribution in [2.75, 3.05) is 19.7 Å². The van der Waals surface area contributed by atoms with Crippen LogP contribution in [0.1, 0.15) is 25.5 Å². The van der Waals surface area contributed by atoms with Crippen LogP contribution in [-0.2, 0) is 9.53 Å². The summed E-state index contributed by atoms with van der Waals surface area (Å²) in [4.78, 5) is 11.7. The van der Waals surface area contributed by atoms with Crippen molar-refractivity contribution in [1.29, 1.82) is 0 Å². The first kappa shape index (κ1) is 12.5. The van der Waals surface area contributed by atoms with Gasteiger partial charge in [0.1, 0.15) is 6.61 Å². The Morgan fingerprint density at radius 3 is 3.00 bits per heavy atom. The Morgan fingerprint density at radius 1 is 1.71 bits per heavy atom. The largest absolute Gasteiger partial charge is 0.363 e. The maximum absolute atomic E-state index is 11.7. The van der Waals surface area contributed by atoms with Gasteiger partial charge in [0.15, 0.2) is 0 Å². The van der Waals surface area contributed by atoms with Crippen LogP contribution in [0.5, 0.6) is 0 Å². The summed E-state index contributed by atoms with van der Waals surface area (Å²) in [5.74, 6) is -0.0585. The van der Waals surface area contributed by atoms with Gasteiger partial charge in [0, 0.05) is 13.1 Å². The van der Waals surface area contributed by atoms with Gasteiger partial charge >= 0.3 is 0 Å². The quantitative estimate of drug-likeness (QED) is 0.833. The van der Waals surface area contributed by atoms with Crippen molar-refractivity contribution in [1.82, 2.24) is 10.6 Å². The van der Waals surface area contributed by atoms with Crippen molar-refractivity contribution in [2.45, 2.75) is 25.5 Å². The van der Waals surface area contributed by atoms with Crippen LogP contribution in [-0.4, -0.2) is 31.2 Å². The normalized spacial score (nSPS) is 19.4. The molecule has 1 fully saturated rings. The van der Waals surface area contributed by atoms with E-state index in [2.05, 4.69) is 10.6 Å². The van der Waals surface area contributed by atoms with Crippen LogP contribution in [0.3, 0.4) is 0 Å². The number of rotatable bonds is 5. The van der Waals surface area contributed by atoms with Crippen LogP contribution in [0, 0.1) is 0 Å². The molecule has 2 N–H and O–H groups in total. The fourth-order valence-corrected chi connectivity index (χ4v) is 2.46. The number of thiophene rings is 1. The first-order chi connectivity index (χ1) is 8.09. The van der Waals surface area contributed by atoms with Crippen molar-refractivity contribution in [3.05, 3.63) is 22.4 Å². The predicted octanol–water partition coefficient (Wildman–Crippen LogP) is 1.30. The van der Waals surface area contributed by atoms with E-state index in [1.807, 2.05) is 30.7 Å². The Bertz CT molecular complexity index is 374. The zero-order valence-corrected chi connectivity index (χ0v) is 11.0. The summed E-state index contributed by atoms with van der Waals surface area (Å²) in [6, 6.07) is 2.07. The van der Waals surface area contributed by atoms with E-state index in [1.54, 1.807) is 11.3 Å². The lowest BCUT2D eigenvalue weighted by Crippen LogP contribution is -2.59. The topological polar surface area (TPSA) is 50.4 Å². The summed E-state index contributed by atoms with van der Waals surface area (Å²) in [7, 11) is 0. The Morgan fingerprint density at radius 2 is 2.47 bits per heavy atom. The number of hydrogen-bond donors (Lipinski definition) is 2. The molecule has 4 nitrogen and oxygen atoms in total. The minimum absolute atomic E-state index is 0.0460. The Hall–Kier alpha value is -0.910. The molecular weight excluding hydrogens is 236 g/mol. The van der Waals surface area contributed by atoms with Crippen LogP contribution in [0.25, 0.3) is 0 Å². The Balaban J connectivity index is 1.73. The molecule has 1 aliphatic rings. The molecule has 0 spiro atoms. The van der Waals surface area contributed by atoms with E-state index in [1.165, 1.54) is 0 Å². The van der Waals surface area contributed by atoms with Gasteiger partial charge in [-0.1, -0.05) is 0 Å². The van der Waals surface area contributed by atoms with Crippen LogP contribution in [0.4, 0.5) is 0 Å². The minimum Gasteiger partial charge on any atom is -0.363 e. The van der Waals surface area contributed by atoms with E-state index >= 15 is 0 Å². The van der Waals surface area contributed by atoms with Crippen molar-refractivity contribution in [3.63, 3.8) is 0 Å². The highest BCUT2D eigenvalue weighted by molar-refractivity contribution is 7.07. The molecule has 2 heterocycles. The maximum atomic E-state index is 11.7. The van der Waals surface area contributed by atoms with Gasteiger partial charge in [-0.2, -0.15) is 11.3 Å². The zero-order chi connectivity index (χ0) is 12.3. The van der Waals surface area contributed by atoms with E-state index in [0.29, 0.717) is 0 Å². The molecule has 1 aromatic heterocycles. The molecule has 0 radical (unpaired) electrons. The molecule has 0 bridgehead atoms. The minimum atomic E-state index is -0.164. The second-order valence-corrected chi connectivity index (χ2v) is 5.47.